The van der Waals surface area contributed by atoms with E-state index in [1.54, 1.807) is 23.7 Å². The number of aromatic amines is 1. The van der Waals surface area contributed by atoms with E-state index in [0.717, 1.165) is 17.7 Å². The molecule has 182 valence electrons. The van der Waals surface area contributed by atoms with E-state index in [9.17, 15) is 14.4 Å². The number of unbranched alkanes of at least 4 members (excludes halogenated alkanes) is 1. The van der Waals surface area contributed by atoms with Crippen molar-refractivity contribution < 1.29 is 9.21 Å². The second-order valence-electron chi connectivity index (χ2n) is 8.31. The summed E-state index contributed by atoms with van der Waals surface area (Å²) >= 11 is 0. The molecule has 0 unspecified atom stereocenters. The first-order valence-electron chi connectivity index (χ1n) is 11.4. The van der Waals surface area contributed by atoms with Gasteiger partial charge in [-0.25, -0.2) is 9.48 Å². The molecule has 0 atom stereocenters. The lowest BCUT2D eigenvalue weighted by Gasteiger charge is -2.23. The van der Waals surface area contributed by atoms with Crippen molar-refractivity contribution in [2.45, 2.75) is 46.7 Å². The van der Waals surface area contributed by atoms with Crippen LogP contribution in [-0.2, 0) is 13.1 Å². The number of hydrogen-bond acceptors (Lipinski definition) is 6. The molecule has 1 amide bonds. The SMILES string of the molecule is CCCCn1c(N)c(N(Cc2ccco2)C(=O)c2cnn(-c3ccccc3C)c2C)c(=O)[nH]c1=O. The van der Waals surface area contributed by atoms with Gasteiger partial charge in [0.15, 0.2) is 5.69 Å². The fourth-order valence-electron chi connectivity index (χ4n) is 4.00. The third-order valence-corrected chi connectivity index (χ3v) is 5.94. The van der Waals surface area contributed by atoms with E-state index < -0.39 is 17.2 Å². The lowest BCUT2D eigenvalue weighted by Crippen LogP contribution is -2.41. The molecule has 0 saturated heterocycles. The molecule has 0 radical (unpaired) electrons. The number of carbonyl (C=O) groups is 1. The minimum Gasteiger partial charge on any atom is -0.467 e. The Morgan fingerprint density at radius 1 is 1.17 bits per heavy atom. The molecule has 3 heterocycles. The number of anilines is 2. The summed E-state index contributed by atoms with van der Waals surface area (Å²) in [5, 5.41) is 4.43. The summed E-state index contributed by atoms with van der Waals surface area (Å²) in [5.74, 6) is -0.111. The fraction of sp³-hybridized carbons (Fsp3) is 0.280. The molecule has 0 saturated carbocycles. The Kier molecular flexibility index (Phi) is 6.72. The maximum absolute atomic E-state index is 13.9. The highest BCUT2D eigenvalue weighted by molar-refractivity contribution is 6.07. The van der Waals surface area contributed by atoms with Crippen molar-refractivity contribution in [2.75, 3.05) is 10.6 Å². The van der Waals surface area contributed by atoms with Crippen LogP contribution in [0.1, 0.15) is 47.1 Å². The van der Waals surface area contributed by atoms with Crippen molar-refractivity contribution in [3.05, 3.63) is 92.3 Å². The number of nitrogen functional groups attached to an aromatic ring is 1. The molecule has 0 spiro atoms. The van der Waals surface area contributed by atoms with E-state index >= 15 is 0 Å². The normalized spacial score (nSPS) is 11.1. The second-order valence-corrected chi connectivity index (χ2v) is 8.31. The lowest BCUT2D eigenvalue weighted by molar-refractivity contribution is 0.0982. The Labute approximate surface area is 201 Å². The van der Waals surface area contributed by atoms with Crippen molar-refractivity contribution in [2.24, 2.45) is 0 Å². The molecule has 0 fully saturated rings. The average molecular weight is 477 g/mol. The molecule has 0 aliphatic rings. The zero-order chi connectivity index (χ0) is 25.1. The molecule has 1 aromatic carbocycles. The highest BCUT2D eigenvalue weighted by Crippen LogP contribution is 2.25. The summed E-state index contributed by atoms with van der Waals surface area (Å²) < 4.78 is 8.42. The Morgan fingerprint density at radius 2 is 1.94 bits per heavy atom. The first kappa shape index (κ1) is 23.8. The Hall–Kier alpha value is -4.34. The largest absolute Gasteiger partial charge is 0.467 e. The molecule has 35 heavy (non-hydrogen) atoms. The number of carbonyl (C=O) groups excluding carboxylic acids is 1. The number of aryl methyl sites for hydroxylation is 1. The van der Waals surface area contributed by atoms with E-state index in [2.05, 4.69) is 10.1 Å². The number of furan rings is 1. The minimum atomic E-state index is -0.746. The number of para-hydroxylation sites is 1. The zero-order valence-electron chi connectivity index (χ0n) is 19.9. The number of nitrogens with two attached hydrogens (primary N) is 1. The van der Waals surface area contributed by atoms with Crippen LogP contribution >= 0.6 is 0 Å². The van der Waals surface area contributed by atoms with Gasteiger partial charge in [-0.2, -0.15) is 5.10 Å². The molecular weight excluding hydrogens is 448 g/mol. The summed E-state index contributed by atoms with van der Waals surface area (Å²) in [4.78, 5) is 42.8. The van der Waals surface area contributed by atoms with Gasteiger partial charge in [-0.15, -0.1) is 0 Å². The van der Waals surface area contributed by atoms with Gasteiger partial charge in [-0.3, -0.25) is 24.0 Å². The number of aromatic nitrogens is 4. The maximum atomic E-state index is 13.9. The van der Waals surface area contributed by atoms with Crippen LogP contribution in [0, 0.1) is 13.8 Å². The summed E-state index contributed by atoms with van der Waals surface area (Å²) in [5.41, 5.74) is 7.59. The predicted molar refractivity (Wildman–Crippen MR) is 133 cm³/mol. The van der Waals surface area contributed by atoms with Gasteiger partial charge in [0.2, 0.25) is 0 Å². The minimum absolute atomic E-state index is 0.0555. The highest BCUT2D eigenvalue weighted by atomic mass is 16.3. The number of benzene rings is 1. The molecule has 10 nitrogen and oxygen atoms in total. The van der Waals surface area contributed by atoms with E-state index in [-0.39, 0.29) is 18.1 Å². The summed E-state index contributed by atoms with van der Waals surface area (Å²) in [6.45, 7) is 5.99. The monoisotopic (exact) mass is 476 g/mol. The van der Waals surface area contributed by atoms with Crippen LogP contribution in [0.25, 0.3) is 5.69 Å². The highest BCUT2D eigenvalue weighted by Gasteiger charge is 2.29. The number of H-pyrrole nitrogens is 1. The molecular formula is C25H28N6O4. The van der Waals surface area contributed by atoms with Crippen molar-refractivity contribution in [3.8, 4) is 5.69 Å². The molecule has 10 heteroatoms. The van der Waals surface area contributed by atoms with Crippen LogP contribution < -0.4 is 21.9 Å². The maximum Gasteiger partial charge on any atom is 0.330 e. The Balaban J connectivity index is 1.84. The first-order valence-corrected chi connectivity index (χ1v) is 11.4. The summed E-state index contributed by atoms with van der Waals surface area (Å²) in [6, 6.07) is 11.1. The molecule has 3 aromatic heterocycles. The fourth-order valence-corrected chi connectivity index (χ4v) is 4.00. The Morgan fingerprint density at radius 3 is 2.63 bits per heavy atom. The molecule has 4 rings (SSSR count). The van der Waals surface area contributed by atoms with E-state index in [1.165, 1.54) is 21.9 Å². The molecule has 0 aliphatic heterocycles. The number of rotatable bonds is 8. The third-order valence-electron chi connectivity index (χ3n) is 5.94. The number of hydrogen-bond donors (Lipinski definition) is 2. The van der Waals surface area contributed by atoms with Gasteiger partial charge in [0.25, 0.3) is 11.5 Å². The molecule has 0 bridgehead atoms. The van der Waals surface area contributed by atoms with Gasteiger partial charge in [-0.1, -0.05) is 31.5 Å². The topological polar surface area (TPSA) is 132 Å². The molecule has 3 N–H and O–H groups in total. The van der Waals surface area contributed by atoms with Crippen LogP contribution in [0.15, 0.2) is 62.9 Å². The van der Waals surface area contributed by atoms with E-state index in [4.69, 9.17) is 10.2 Å². The number of amides is 1. The standard InChI is InChI=1S/C25H28N6O4/c1-4-5-12-29-22(26)21(23(32)28-25(29)34)30(15-18-10-8-13-35-18)24(33)19-14-27-31(17(19)3)20-11-7-6-9-16(20)2/h6-11,13-14H,4-5,12,15,26H2,1-3H3,(H,28,32,34). The van der Waals surface area contributed by atoms with Gasteiger partial charge in [-0.05, 0) is 44.0 Å². The molecule has 4 aromatic rings. The van der Waals surface area contributed by atoms with Crippen molar-refractivity contribution in [3.63, 3.8) is 0 Å². The molecule has 0 aliphatic carbocycles. The van der Waals surface area contributed by atoms with Gasteiger partial charge in [0.1, 0.15) is 11.6 Å². The van der Waals surface area contributed by atoms with Crippen LogP contribution in [0.2, 0.25) is 0 Å². The van der Waals surface area contributed by atoms with Crippen LogP contribution in [0.5, 0.6) is 0 Å². The summed E-state index contributed by atoms with van der Waals surface area (Å²) in [6.07, 6.45) is 4.46. The average Bonchev–Trinajstić information content (AvgIpc) is 3.48. The van der Waals surface area contributed by atoms with Crippen LogP contribution in [0.4, 0.5) is 11.5 Å². The van der Waals surface area contributed by atoms with Crippen molar-refractivity contribution in [1.29, 1.82) is 0 Å². The van der Waals surface area contributed by atoms with Gasteiger partial charge in [0.05, 0.1) is 35.9 Å². The first-order chi connectivity index (χ1) is 16.8. The number of nitrogens with one attached hydrogen (secondary N) is 1. The lowest BCUT2D eigenvalue weighted by atomic mass is 10.1. The number of nitrogens with zero attached hydrogens (tertiary/aromatic N) is 4. The Bertz CT molecular complexity index is 1460. The predicted octanol–water partition coefficient (Wildman–Crippen LogP) is 3.16. The van der Waals surface area contributed by atoms with Gasteiger partial charge >= 0.3 is 5.69 Å². The van der Waals surface area contributed by atoms with Crippen molar-refractivity contribution >= 4 is 17.4 Å². The zero-order valence-corrected chi connectivity index (χ0v) is 19.9. The smallest absolute Gasteiger partial charge is 0.330 e. The van der Waals surface area contributed by atoms with Crippen molar-refractivity contribution in [1.82, 2.24) is 19.3 Å². The summed E-state index contributed by atoms with van der Waals surface area (Å²) in [7, 11) is 0. The second kappa shape index (κ2) is 9.88. The third kappa shape index (κ3) is 4.54. The van der Waals surface area contributed by atoms with Crippen LogP contribution in [0.3, 0.4) is 0 Å². The van der Waals surface area contributed by atoms with Gasteiger partial charge < -0.3 is 10.2 Å². The van der Waals surface area contributed by atoms with Crippen LogP contribution in [-0.4, -0.2) is 25.2 Å². The van der Waals surface area contributed by atoms with E-state index in [0.29, 0.717) is 30.0 Å². The van der Waals surface area contributed by atoms with E-state index in [1.807, 2.05) is 38.1 Å². The quantitative estimate of drug-likeness (QED) is 0.401. The van der Waals surface area contributed by atoms with Gasteiger partial charge in [0, 0.05) is 6.54 Å².